The van der Waals surface area contributed by atoms with Crippen LogP contribution in [0.15, 0.2) is 18.5 Å². The maximum Gasteiger partial charge on any atom is 0.0738 e. The van der Waals surface area contributed by atoms with Crippen molar-refractivity contribution in [1.29, 1.82) is 0 Å². The van der Waals surface area contributed by atoms with Crippen molar-refractivity contribution in [2.45, 2.75) is 33.2 Å². The van der Waals surface area contributed by atoms with Gasteiger partial charge in [0.2, 0.25) is 0 Å². The molecule has 0 aliphatic heterocycles. The van der Waals surface area contributed by atoms with E-state index in [1.807, 2.05) is 6.07 Å². The summed E-state index contributed by atoms with van der Waals surface area (Å²) in [5, 5.41) is 0. The van der Waals surface area contributed by atoms with E-state index in [1.54, 1.807) is 12.4 Å². The van der Waals surface area contributed by atoms with E-state index >= 15 is 0 Å². The van der Waals surface area contributed by atoms with Gasteiger partial charge in [0.15, 0.2) is 0 Å². The summed E-state index contributed by atoms with van der Waals surface area (Å²) in [6.07, 6.45) is 4.62. The second-order valence-electron chi connectivity index (χ2n) is 3.48. The maximum atomic E-state index is 5.89. The molecule has 1 unspecified atom stereocenters. The maximum absolute atomic E-state index is 5.89. The molecule has 0 fully saturated rings. The van der Waals surface area contributed by atoms with Gasteiger partial charge in [-0.05, 0) is 26.3 Å². The number of pyridine rings is 1. The fourth-order valence-electron chi connectivity index (χ4n) is 1.60. The Hall–Kier alpha value is -1.25. The van der Waals surface area contributed by atoms with Crippen LogP contribution in [0.3, 0.4) is 0 Å². The van der Waals surface area contributed by atoms with Crippen LogP contribution in [0.25, 0.3) is 0 Å². The monoisotopic (exact) mass is 193 g/mol. The molecule has 0 saturated carbocycles. The Morgan fingerprint density at radius 3 is 2.71 bits per heavy atom. The van der Waals surface area contributed by atoms with Crippen LogP contribution < -0.4 is 10.6 Å². The van der Waals surface area contributed by atoms with Crippen LogP contribution >= 0.6 is 0 Å². The summed E-state index contributed by atoms with van der Waals surface area (Å²) in [5.41, 5.74) is 7.74. The molecule has 2 N–H and O–H groups in total. The van der Waals surface area contributed by atoms with Crippen molar-refractivity contribution in [2.24, 2.45) is 0 Å². The Labute approximate surface area is 85.9 Å². The number of anilines is 2. The minimum atomic E-state index is 0.518. The van der Waals surface area contributed by atoms with Crippen molar-refractivity contribution in [3.8, 4) is 0 Å². The molecule has 0 spiro atoms. The molecule has 0 aromatic carbocycles. The molecule has 3 heteroatoms. The Bertz CT molecular complexity index is 286. The number of aromatic nitrogens is 1. The largest absolute Gasteiger partial charge is 0.396 e. The summed E-state index contributed by atoms with van der Waals surface area (Å²) in [6.45, 7) is 7.52. The van der Waals surface area contributed by atoms with Crippen LogP contribution in [-0.2, 0) is 0 Å². The molecule has 3 nitrogen and oxygen atoms in total. The summed E-state index contributed by atoms with van der Waals surface area (Å²) in [4.78, 5) is 6.30. The summed E-state index contributed by atoms with van der Waals surface area (Å²) in [5.74, 6) is 0. The molecule has 1 atom stereocenters. The Morgan fingerprint density at radius 1 is 1.50 bits per heavy atom. The van der Waals surface area contributed by atoms with Crippen molar-refractivity contribution >= 4 is 11.4 Å². The molecule has 0 aliphatic rings. The zero-order valence-electron chi connectivity index (χ0n) is 9.20. The number of hydrogen-bond acceptors (Lipinski definition) is 3. The van der Waals surface area contributed by atoms with E-state index in [1.165, 1.54) is 0 Å². The van der Waals surface area contributed by atoms with Crippen molar-refractivity contribution in [3.05, 3.63) is 18.5 Å². The number of rotatable bonds is 4. The third-order valence-electron chi connectivity index (χ3n) is 2.60. The highest BCUT2D eigenvalue weighted by Gasteiger charge is 2.12. The van der Waals surface area contributed by atoms with Gasteiger partial charge in [0, 0.05) is 18.8 Å². The number of nitrogens with zero attached hydrogens (tertiary/aromatic N) is 2. The first-order valence-electron chi connectivity index (χ1n) is 5.16. The molecule has 0 amide bonds. The molecule has 78 valence electrons. The predicted molar refractivity (Wildman–Crippen MR) is 61.4 cm³/mol. The van der Waals surface area contributed by atoms with E-state index < -0.39 is 0 Å². The third-order valence-corrected chi connectivity index (χ3v) is 2.60. The fraction of sp³-hybridized carbons (Fsp3) is 0.545. The van der Waals surface area contributed by atoms with Crippen molar-refractivity contribution in [1.82, 2.24) is 4.98 Å². The quantitative estimate of drug-likeness (QED) is 0.797. The molecule has 1 aromatic rings. The lowest BCUT2D eigenvalue weighted by atomic mass is 10.2. The van der Waals surface area contributed by atoms with E-state index in [9.17, 15) is 0 Å². The molecule has 0 bridgehead atoms. The minimum Gasteiger partial charge on any atom is -0.396 e. The van der Waals surface area contributed by atoms with E-state index in [4.69, 9.17) is 5.73 Å². The zero-order chi connectivity index (χ0) is 10.6. The first kappa shape index (κ1) is 10.8. The van der Waals surface area contributed by atoms with Gasteiger partial charge in [0.1, 0.15) is 0 Å². The second-order valence-corrected chi connectivity index (χ2v) is 3.48. The fourth-order valence-corrected chi connectivity index (χ4v) is 1.60. The second kappa shape index (κ2) is 4.84. The molecule has 1 heterocycles. The van der Waals surface area contributed by atoms with Crippen molar-refractivity contribution in [3.63, 3.8) is 0 Å². The lowest BCUT2D eigenvalue weighted by Gasteiger charge is -2.30. The van der Waals surface area contributed by atoms with Crippen LogP contribution in [0.5, 0.6) is 0 Å². The molecule has 0 radical (unpaired) electrons. The number of nitrogens with two attached hydrogens (primary N) is 1. The molecule has 14 heavy (non-hydrogen) atoms. The summed E-state index contributed by atoms with van der Waals surface area (Å²) < 4.78 is 0. The van der Waals surface area contributed by atoms with Crippen LogP contribution in [0, 0.1) is 0 Å². The van der Waals surface area contributed by atoms with Crippen LogP contribution in [0.4, 0.5) is 11.4 Å². The molecular weight excluding hydrogens is 174 g/mol. The van der Waals surface area contributed by atoms with E-state index in [0.29, 0.717) is 6.04 Å². The lowest BCUT2D eigenvalue weighted by molar-refractivity contribution is 0.630. The first-order valence-corrected chi connectivity index (χ1v) is 5.16. The molecule has 0 aliphatic carbocycles. The van der Waals surface area contributed by atoms with Gasteiger partial charge >= 0.3 is 0 Å². The lowest BCUT2D eigenvalue weighted by Crippen LogP contribution is -2.32. The van der Waals surface area contributed by atoms with Gasteiger partial charge in [-0.1, -0.05) is 6.92 Å². The van der Waals surface area contributed by atoms with Crippen LogP contribution in [0.2, 0.25) is 0 Å². The Morgan fingerprint density at radius 2 is 2.21 bits per heavy atom. The van der Waals surface area contributed by atoms with E-state index in [0.717, 1.165) is 24.3 Å². The van der Waals surface area contributed by atoms with Gasteiger partial charge in [0.25, 0.3) is 0 Å². The Kier molecular flexibility index (Phi) is 3.74. The van der Waals surface area contributed by atoms with Gasteiger partial charge in [0.05, 0.1) is 17.6 Å². The highest BCUT2D eigenvalue weighted by atomic mass is 15.2. The average molecular weight is 193 g/mol. The first-order chi connectivity index (χ1) is 6.70. The Balaban J connectivity index is 2.94. The SMILES string of the molecule is CCC(C)N(CC)c1ccncc1N. The van der Waals surface area contributed by atoms with Gasteiger partial charge in [-0.3, -0.25) is 4.98 Å². The smallest absolute Gasteiger partial charge is 0.0738 e. The highest BCUT2D eigenvalue weighted by molar-refractivity contribution is 5.66. The van der Waals surface area contributed by atoms with Crippen LogP contribution in [-0.4, -0.2) is 17.6 Å². The predicted octanol–water partition coefficient (Wildman–Crippen LogP) is 2.29. The van der Waals surface area contributed by atoms with E-state index in [-0.39, 0.29) is 0 Å². The van der Waals surface area contributed by atoms with Crippen molar-refractivity contribution < 1.29 is 0 Å². The van der Waals surface area contributed by atoms with Crippen LogP contribution in [0.1, 0.15) is 27.2 Å². The minimum absolute atomic E-state index is 0.518. The molecule has 1 aromatic heterocycles. The van der Waals surface area contributed by atoms with Gasteiger partial charge < -0.3 is 10.6 Å². The zero-order valence-corrected chi connectivity index (χ0v) is 9.20. The standard InChI is InChI=1S/C11H19N3/c1-4-9(3)14(5-2)11-6-7-13-8-10(11)12/h6-9H,4-5,12H2,1-3H3. The summed E-state index contributed by atoms with van der Waals surface area (Å²) >= 11 is 0. The van der Waals surface area contributed by atoms with Crippen molar-refractivity contribution in [2.75, 3.05) is 17.2 Å². The highest BCUT2D eigenvalue weighted by Crippen LogP contribution is 2.23. The van der Waals surface area contributed by atoms with Gasteiger partial charge in [-0.25, -0.2) is 0 Å². The van der Waals surface area contributed by atoms with Gasteiger partial charge in [-0.15, -0.1) is 0 Å². The summed E-state index contributed by atoms with van der Waals surface area (Å²) in [6, 6.07) is 2.50. The number of nitrogen functional groups attached to an aromatic ring is 1. The molecular formula is C11H19N3. The third kappa shape index (κ3) is 2.16. The molecule has 1 rings (SSSR count). The molecule has 0 saturated heterocycles. The normalized spacial score (nSPS) is 12.5. The average Bonchev–Trinajstić information content (AvgIpc) is 2.21. The summed E-state index contributed by atoms with van der Waals surface area (Å²) in [7, 11) is 0. The topological polar surface area (TPSA) is 42.2 Å². The van der Waals surface area contributed by atoms with E-state index in [2.05, 4.69) is 30.7 Å². The number of hydrogen-bond donors (Lipinski definition) is 1. The van der Waals surface area contributed by atoms with Gasteiger partial charge in [-0.2, -0.15) is 0 Å².